The van der Waals surface area contributed by atoms with E-state index >= 15 is 0 Å². The van der Waals surface area contributed by atoms with E-state index in [1.165, 1.54) is 34.6 Å². The molecule has 0 aromatic heterocycles. The molecular formula is C22H24FN3O4S. The summed E-state index contributed by atoms with van der Waals surface area (Å²) in [4.78, 5) is 26.3. The molecule has 31 heavy (non-hydrogen) atoms. The Bertz CT molecular complexity index is 1090. The number of anilines is 2. The first-order valence-corrected chi connectivity index (χ1v) is 11.8. The minimum atomic E-state index is -3.77. The van der Waals surface area contributed by atoms with Crippen LogP contribution in [0.25, 0.3) is 0 Å². The Morgan fingerprint density at radius 3 is 2.52 bits per heavy atom. The minimum absolute atomic E-state index is 0.0405. The third-order valence-electron chi connectivity index (χ3n) is 5.71. The molecule has 7 nitrogen and oxygen atoms in total. The minimum Gasteiger partial charge on any atom is -0.326 e. The summed E-state index contributed by atoms with van der Waals surface area (Å²) in [6.45, 7) is 1.04. The maximum atomic E-state index is 13.4. The second kappa shape index (κ2) is 8.76. The summed E-state index contributed by atoms with van der Waals surface area (Å²) in [7, 11) is -3.77. The van der Waals surface area contributed by atoms with Crippen molar-refractivity contribution in [1.29, 1.82) is 0 Å². The molecule has 2 saturated heterocycles. The van der Waals surface area contributed by atoms with Crippen LogP contribution in [0.4, 0.5) is 15.8 Å². The summed E-state index contributed by atoms with van der Waals surface area (Å²) in [5.41, 5.74) is 1.03. The first kappa shape index (κ1) is 21.5. The summed E-state index contributed by atoms with van der Waals surface area (Å²) in [6, 6.07) is 11.9. The molecule has 0 bridgehead atoms. The Balaban J connectivity index is 1.45. The molecule has 2 heterocycles. The zero-order chi connectivity index (χ0) is 22.0. The zero-order valence-electron chi connectivity index (χ0n) is 17.0. The largest absolute Gasteiger partial charge is 0.326 e. The quantitative estimate of drug-likeness (QED) is 0.767. The van der Waals surface area contributed by atoms with Crippen molar-refractivity contribution in [3.63, 3.8) is 0 Å². The maximum absolute atomic E-state index is 13.4. The zero-order valence-corrected chi connectivity index (χ0v) is 17.8. The second-order valence-electron chi connectivity index (χ2n) is 7.84. The Labute approximate surface area is 180 Å². The monoisotopic (exact) mass is 445 g/mol. The van der Waals surface area contributed by atoms with Crippen LogP contribution in [0.3, 0.4) is 0 Å². The topological polar surface area (TPSA) is 86.8 Å². The van der Waals surface area contributed by atoms with E-state index in [0.717, 1.165) is 6.42 Å². The van der Waals surface area contributed by atoms with E-state index in [1.54, 1.807) is 23.1 Å². The van der Waals surface area contributed by atoms with Crippen LogP contribution in [0.1, 0.15) is 25.7 Å². The van der Waals surface area contributed by atoms with Gasteiger partial charge in [0, 0.05) is 37.4 Å². The average molecular weight is 446 g/mol. The number of sulfonamides is 1. The summed E-state index contributed by atoms with van der Waals surface area (Å²) >= 11 is 0. The molecule has 9 heteroatoms. The van der Waals surface area contributed by atoms with Gasteiger partial charge in [0.15, 0.2) is 0 Å². The van der Waals surface area contributed by atoms with Gasteiger partial charge in [0.2, 0.25) is 21.8 Å². The summed E-state index contributed by atoms with van der Waals surface area (Å²) in [5.74, 6) is -1.26. The molecule has 2 fully saturated rings. The van der Waals surface area contributed by atoms with Crippen molar-refractivity contribution in [1.82, 2.24) is 4.31 Å². The van der Waals surface area contributed by atoms with Gasteiger partial charge in [-0.2, -0.15) is 4.31 Å². The Morgan fingerprint density at radius 1 is 1.06 bits per heavy atom. The van der Waals surface area contributed by atoms with Crippen molar-refractivity contribution in [2.75, 3.05) is 29.9 Å². The van der Waals surface area contributed by atoms with Gasteiger partial charge in [0.25, 0.3) is 0 Å². The van der Waals surface area contributed by atoms with E-state index in [0.29, 0.717) is 43.7 Å². The molecule has 164 valence electrons. The highest BCUT2D eigenvalue weighted by atomic mass is 32.2. The number of hydrogen-bond donors (Lipinski definition) is 1. The number of halogens is 1. The second-order valence-corrected chi connectivity index (χ2v) is 9.78. The van der Waals surface area contributed by atoms with Crippen molar-refractivity contribution >= 4 is 33.2 Å². The smallest absolute Gasteiger partial charge is 0.243 e. The van der Waals surface area contributed by atoms with Crippen LogP contribution in [0.5, 0.6) is 0 Å². The Hall–Kier alpha value is -2.78. The van der Waals surface area contributed by atoms with Gasteiger partial charge in [-0.15, -0.1) is 0 Å². The van der Waals surface area contributed by atoms with E-state index in [-0.39, 0.29) is 23.3 Å². The van der Waals surface area contributed by atoms with Gasteiger partial charge in [-0.05, 0) is 61.7 Å². The molecule has 2 aliphatic rings. The van der Waals surface area contributed by atoms with Gasteiger partial charge in [0.1, 0.15) is 5.82 Å². The highest BCUT2D eigenvalue weighted by molar-refractivity contribution is 7.89. The molecule has 0 aliphatic carbocycles. The lowest BCUT2D eigenvalue weighted by atomic mass is 9.99. The molecule has 4 rings (SSSR count). The highest BCUT2D eigenvalue weighted by Gasteiger charge is 2.33. The van der Waals surface area contributed by atoms with Crippen LogP contribution in [0, 0.1) is 11.7 Å². The number of benzene rings is 2. The molecule has 1 atom stereocenters. The van der Waals surface area contributed by atoms with E-state index in [1.807, 2.05) is 0 Å². The molecule has 1 N–H and O–H groups in total. The SMILES string of the molecule is O=C(Nc1cccc(F)c1)C1CCCN(S(=O)(=O)c2ccc(N3CCCC3=O)cc2)C1. The predicted octanol–water partition coefficient (Wildman–Crippen LogP) is 2.99. The van der Waals surface area contributed by atoms with Crippen LogP contribution < -0.4 is 10.2 Å². The summed E-state index contributed by atoms with van der Waals surface area (Å²) < 4.78 is 40.9. The molecule has 1 unspecified atom stereocenters. The van der Waals surface area contributed by atoms with Crippen LogP contribution in [0.2, 0.25) is 0 Å². The van der Waals surface area contributed by atoms with Crippen molar-refractivity contribution in [3.05, 3.63) is 54.3 Å². The van der Waals surface area contributed by atoms with Gasteiger partial charge in [-0.3, -0.25) is 9.59 Å². The summed E-state index contributed by atoms with van der Waals surface area (Å²) in [6.07, 6.45) is 2.42. The first-order chi connectivity index (χ1) is 14.8. The molecule has 0 saturated carbocycles. The molecule has 2 amide bonds. The lowest BCUT2D eigenvalue weighted by molar-refractivity contribution is -0.121. The summed E-state index contributed by atoms with van der Waals surface area (Å²) in [5, 5.41) is 2.67. The number of nitrogens with zero attached hydrogens (tertiary/aromatic N) is 2. The van der Waals surface area contributed by atoms with Crippen molar-refractivity contribution < 1.29 is 22.4 Å². The standard InChI is InChI=1S/C22H24FN3O4S/c23-17-5-1-6-18(14-17)24-22(28)16-4-2-12-25(15-16)31(29,30)20-10-8-19(9-11-20)26-13-3-7-21(26)27/h1,5-6,8-11,14,16H,2-4,7,12-13,15H2,(H,24,28). The number of rotatable bonds is 5. The fraction of sp³-hybridized carbons (Fsp3) is 0.364. The van der Waals surface area contributed by atoms with E-state index < -0.39 is 21.8 Å². The van der Waals surface area contributed by atoms with Crippen LogP contribution >= 0.6 is 0 Å². The highest BCUT2D eigenvalue weighted by Crippen LogP contribution is 2.27. The van der Waals surface area contributed by atoms with Crippen LogP contribution in [-0.4, -0.2) is 44.2 Å². The van der Waals surface area contributed by atoms with E-state index in [2.05, 4.69) is 5.32 Å². The Morgan fingerprint density at radius 2 is 1.84 bits per heavy atom. The molecule has 0 spiro atoms. The third-order valence-corrected chi connectivity index (χ3v) is 7.59. The average Bonchev–Trinajstić information content (AvgIpc) is 3.20. The lowest BCUT2D eigenvalue weighted by Crippen LogP contribution is -2.43. The van der Waals surface area contributed by atoms with Crippen LogP contribution in [-0.2, 0) is 19.6 Å². The fourth-order valence-corrected chi connectivity index (χ4v) is 5.58. The van der Waals surface area contributed by atoms with Crippen molar-refractivity contribution in [3.8, 4) is 0 Å². The molecule has 0 radical (unpaired) electrons. The number of carbonyl (C=O) groups is 2. The predicted molar refractivity (Wildman–Crippen MR) is 115 cm³/mol. The number of piperidine rings is 1. The van der Waals surface area contributed by atoms with Gasteiger partial charge < -0.3 is 10.2 Å². The molecule has 2 aromatic rings. The van der Waals surface area contributed by atoms with Gasteiger partial charge in [-0.1, -0.05) is 6.07 Å². The molecule has 2 aliphatic heterocycles. The fourth-order valence-electron chi connectivity index (χ4n) is 4.05. The normalized spacial score (nSPS) is 20.1. The van der Waals surface area contributed by atoms with Crippen molar-refractivity contribution in [2.24, 2.45) is 5.92 Å². The van der Waals surface area contributed by atoms with Crippen molar-refractivity contribution in [2.45, 2.75) is 30.6 Å². The first-order valence-electron chi connectivity index (χ1n) is 10.3. The Kier molecular flexibility index (Phi) is 6.06. The lowest BCUT2D eigenvalue weighted by Gasteiger charge is -2.31. The maximum Gasteiger partial charge on any atom is 0.243 e. The van der Waals surface area contributed by atoms with E-state index in [9.17, 15) is 22.4 Å². The van der Waals surface area contributed by atoms with Crippen LogP contribution in [0.15, 0.2) is 53.4 Å². The number of hydrogen-bond acceptors (Lipinski definition) is 4. The van der Waals surface area contributed by atoms with Gasteiger partial charge in [-0.25, -0.2) is 12.8 Å². The number of carbonyl (C=O) groups excluding carboxylic acids is 2. The third kappa shape index (κ3) is 4.62. The van der Waals surface area contributed by atoms with E-state index in [4.69, 9.17) is 0 Å². The number of nitrogens with one attached hydrogen (secondary N) is 1. The molecular weight excluding hydrogens is 421 g/mol. The number of amides is 2. The van der Waals surface area contributed by atoms with Gasteiger partial charge >= 0.3 is 0 Å². The molecule has 2 aromatic carbocycles. The van der Waals surface area contributed by atoms with Gasteiger partial charge in [0.05, 0.1) is 10.8 Å².